The SMILES string of the molecule is C=CC[N+](CC=C)(CCCCCCCCCC)CCCCCCCCCC.ClC=Cc1ccccc1. The summed E-state index contributed by atoms with van der Waals surface area (Å²) in [6, 6.07) is 9.93. The number of rotatable bonds is 23. The molecule has 0 amide bonds. The average molecular weight is 517 g/mol. The van der Waals surface area contributed by atoms with Gasteiger partial charge in [0.05, 0.1) is 26.2 Å². The van der Waals surface area contributed by atoms with Gasteiger partial charge in [-0.3, -0.25) is 0 Å². The van der Waals surface area contributed by atoms with E-state index in [-0.39, 0.29) is 0 Å². The lowest BCUT2D eigenvalue weighted by atomic mass is 10.1. The molecule has 0 N–H and O–H groups in total. The molecule has 0 aliphatic rings. The van der Waals surface area contributed by atoms with E-state index in [1.165, 1.54) is 126 Å². The van der Waals surface area contributed by atoms with Gasteiger partial charge >= 0.3 is 0 Å². The van der Waals surface area contributed by atoms with Crippen LogP contribution in [0.5, 0.6) is 0 Å². The van der Waals surface area contributed by atoms with Crippen LogP contribution in [0.2, 0.25) is 0 Å². The molecule has 0 atom stereocenters. The van der Waals surface area contributed by atoms with Crippen LogP contribution in [0.25, 0.3) is 6.08 Å². The van der Waals surface area contributed by atoms with Gasteiger partial charge in [0.2, 0.25) is 0 Å². The van der Waals surface area contributed by atoms with E-state index in [9.17, 15) is 0 Å². The van der Waals surface area contributed by atoms with Gasteiger partial charge < -0.3 is 4.48 Å². The predicted molar refractivity (Wildman–Crippen MR) is 167 cm³/mol. The number of hydrogen-bond donors (Lipinski definition) is 0. The first-order valence-electron chi connectivity index (χ1n) is 15.1. The smallest absolute Gasteiger partial charge is 0.0973 e. The summed E-state index contributed by atoms with van der Waals surface area (Å²) in [6.45, 7) is 17.5. The van der Waals surface area contributed by atoms with Crippen LogP contribution < -0.4 is 0 Å². The van der Waals surface area contributed by atoms with E-state index in [1.54, 1.807) is 0 Å². The minimum absolute atomic E-state index is 1.11. The molecular weight excluding hydrogens is 458 g/mol. The fraction of sp³-hybridized carbons (Fsp3) is 0.647. The Morgan fingerprint density at radius 1 is 0.611 bits per heavy atom. The summed E-state index contributed by atoms with van der Waals surface area (Å²) in [5.74, 6) is 0. The summed E-state index contributed by atoms with van der Waals surface area (Å²) in [7, 11) is 0. The van der Waals surface area contributed by atoms with Crippen molar-refractivity contribution in [3.8, 4) is 0 Å². The van der Waals surface area contributed by atoms with E-state index in [0.29, 0.717) is 0 Å². The third-order valence-electron chi connectivity index (χ3n) is 7.06. The fourth-order valence-corrected chi connectivity index (χ4v) is 5.04. The highest BCUT2D eigenvalue weighted by molar-refractivity contribution is 6.27. The van der Waals surface area contributed by atoms with Gasteiger partial charge in [-0.15, -0.1) is 0 Å². The maximum absolute atomic E-state index is 5.36. The summed E-state index contributed by atoms with van der Waals surface area (Å²) < 4.78 is 1.19. The third kappa shape index (κ3) is 20.8. The van der Waals surface area contributed by atoms with Crippen molar-refractivity contribution in [2.75, 3.05) is 26.2 Å². The summed E-state index contributed by atoms with van der Waals surface area (Å²) in [6.07, 6.45) is 28.6. The fourth-order valence-electron chi connectivity index (χ4n) is 4.90. The standard InChI is InChI=1S/C26H52N.C8H7Cl/c1-5-9-11-13-15-17-19-21-25-27(23-7-3,24-8-4)26-22-20-18-16-14-12-10-6-2;9-7-6-8-4-2-1-3-5-8/h7-8H,3-6,9-26H2,1-2H3;1-7H/q+1;. The van der Waals surface area contributed by atoms with Gasteiger partial charge in [-0.05, 0) is 49.5 Å². The van der Waals surface area contributed by atoms with Crippen molar-refractivity contribution >= 4 is 17.7 Å². The van der Waals surface area contributed by atoms with Crippen molar-refractivity contribution in [3.63, 3.8) is 0 Å². The Hall–Kier alpha value is -1.31. The number of nitrogens with zero attached hydrogens (tertiary/aromatic N) is 1. The van der Waals surface area contributed by atoms with Crippen molar-refractivity contribution < 1.29 is 4.48 Å². The van der Waals surface area contributed by atoms with Gasteiger partial charge in [-0.1, -0.05) is 146 Å². The zero-order chi connectivity index (χ0) is 26.6. The van der Waals surface area contributed by atoms with Crippen LogP contribution in [0.1, 0.15) is 122 Å². The molecule has 0 aliphatic carbocycles. The van der Waals surface area contributed by atoms with Crippen molar-refractivity contribution in [2.45, 2.75) is 117 Å². The summed E-state index contributed by atoms with van der Waals surface area (Å²) in [4.78, 5) is 0. The number of hydrogen-bond acceptors (Lipinski definition) is 0. The topological polar surface area (TPSA) is 0 Å². The molecular formula is C34H59ClN+. The van der Waals surface area contributed by atoms with Crippen LogP contribution in [0.15, 0.2) is 61.2 Å². The second-order valence-electron chi connectivity index (χ2n) is 10.4. The molecule has 0 spiro atoms. The van der Waals surface area contributed by atoms with Gasteiger partial charge in [0.1, 0.15) is 0 Å². The molecule has 1 aromatic rings. The highest BCUT2D eigenvalue weighted by Crippen LogP contribution is 2.17. The minimum Gasteiger partial charge on any atom is -0.317 e. The Kier molecular flexibility index (Phi) is 25.8. The molecule has 0 fully saturated rings. The molecule has 0 heterocycles. The molecule has 1 rings (SSSR count). The van der Waals surface area contributed by atoms with Crippen LogP contribution in [0.4, 0.5) is 0 Å². The first-order valence-corrected chi connectivity index (χ1v) is 15.5. The van der Waals surface area contributed by atoms with Crippen LogP contribution in [0, 0.1) is 0 Å². The van der Waals surface area contributed by atoms with Gasteiger partial charge in [-0.2, -0.15) is 0 Å². The molecule has 206 valence electrons. The van der Waals surface area contributed by atoms with Crippen molar-refractivity contribution in [2.24, 2.45) is 0 Å². The van der Waals surface area contributed by atoms with Crippen LogP contribution in [0.3, 0.4) is 0 Å². The van der Waals surface area contributed by atoms with Gasteiger partial charge in [-0.25, -0.2) is 0 Å². The van der Waals surface area contributed by atoms with Crippen LogP contribution >= 0.6 is 11.6 Å². The molecule has 0 aromatic heterocycles. The van der Waals surface area contributed by atoms with Gasteiger partial charge in [0.25, 0.3) is 0 Å². The largest absolute Gasteiger partial charge is 0.317 e. The van der Waals surface area contributed by atoms with E-state index in [4.69, 9.17) is 11.6 Å². The van der Waals surface area contributed by atoms with Crippen LogP contribution in [-0.4, -0.2) is 30.7 Å². The zero-order valence-corrected chi connectivity index (χ0v) is 24.8. The normalized spacial score (nSPS) is 11.3. The molecule has 0 unspecified atom stereocenters. The minimum atomic E-state index is 1.11. The number of unbranched alkanes of at least 4 members (excludes halogenated alkanes) is 14. The molecule has 0 bridgehead atoms. The Morgan fingerprint density at radius 2 is 1.00 bits per heavy atom. The van der Waals surface area contributed by atoms with E-state index in [0.717, 1.165) is 18.7 Å². The van der Waals surface area contributed by atoms with Gasteiger partial charge in [0, 0.05) is 5.54 Å². The van der Waals surface area contributed by atoms with E-state index in [2.05, 4.69) is 39.2 Å². The molecule has 2 heteroatoms. The Bertz CT molecular complexity index is 589. The number of halogens is 1. The van der Waals surface area contributed by atoms with E-state index >= 15 is 0 Å². The van der Waals surface area contributed by atoms with Crippen LogP contribution in [-0.2, 0) is 0 Å². The average Bonchev–Trinajstić information content (AvgIpc) is 2.89. The lowest BCUT2D eigenvalue weighted by Gasteiger charge is -2.37. The second kappa shape index (κ2) is 26.7. The summed E-state index contributed by atoms with van der Waals surface area (Å²) in [5.41, 5.74) is 2.64. The Morgan fingerprint density at radius 3 is 1.36 bits per heavy atom. The lowest BCUT2D eigenvalue weighted by Crippen LogP contribution is -2.49. The van der Waals surface area contributed by atoms with Crippen molar-refractivity contribution in [1.82, 2.24) is 0 Å². The Labute approximate surface area is 231 Å². The maximum Gasteiger partial charge on any atom is 0.0973 e. The van der Waals surface area contributed by atoms with E-state index < -0.39 is 0 Å². The zero-order valence-electron chi connectivity index (χ0n) is 24.1. The first kappa shape index (κ1) is 34.7. The quantitative estimate of drug-likeness (QED) is 0.0770. The number of quaternary nitrogens is 1. The molecule has 0 radical (unpaired) electrons. The highest BCUT2D eigenvalue weighted by atomic mass is 35.5. The molecule has 36 heavy (non-hydrogen) atoms. The summed E-state index contributed by atoms with van der Waals surface area (Å²) in [5, 5.41) is 0. The van der Waals surface area contributed by atoms with Crippen molar-refractivity contribution in [1.29, 1.82) is 0 Å². The number of benzene rings is 1. The van der Waals surface area contributed by atoms with Gasteiger partial charge in [0.15, 0.2) is 0 Å². The highest BCUT2D eigenvalue weighted by Gasteiger charge is 2.23. The van der Waals surface area contributed by atoms with Crippen molar-refractivity contribution in [3.05, 3.63) is 66.7 Å². The Balaban J connectivity index is 0.00000113. The molecule has 0 saturated heterocycles. The summed E-state index contributed by atoms with van der Waals surface area (Å²) >= 11 is 5.36. The maximum atomic E-state index is 5.36. The molecule has 0 saturated carbocycles. The third-order valence-corrected chi connectivity index (χ3v) is 7.19. The molecule has 1 aromatic carbocycles. The predicted octanol–water partition coefficient (Wildman–Crippen LogP) is 11.4. The molecule has 1 nitrogen and oxygen atoms in total. The first-order chi connectivity index (χ1) is 17.7. The lowest BCUT2D eigenvalue weighted by molar-refractivity contribution is -0.917. The second-order valence-corrected chi connectivity index (χ2v) is 10.6. The molecule has 0 aliphatic heterocycles. The van der Waals surface area contributed by atoms with E-state index in [1.807, 2.05) is 36.4 Å². The monoisotopic (exact) mass is 516 g/mol.